The summed E-state index contributed by atoms with van der Waals surface area (Å²) in [6.07, 6.45) is 1.39. The number of aromatic nitrogens is 1. The van der Waals surface area contributed by atoms with E-state index in [0.29, 0.717) is 4.88 Å². The van der Waals surface area contributed by atoms with Crippen LogP contribution in [0.15, 0.2) is 11.7 Å². The van der Waals surface area contributed by atoms with E-state index in [0.717, 1.165) is 0 Å². The van der Waals surface area contributed by atoms with Crippen molar-refractivity contribution in [1.29, 1.82) is 0 Å². The molecule has 0 aliphatic carbocycles. The van der Waals surface area contributed by atoms with E-state index in [1.165, 1.54) is 23.0 Å². The Hall–Kier alpha value is -1.63. The third-order valence-corrected chi connectivity index (χ3v) is 1.73. The first-order valence-electron chi connectivity index (χ1n) is 2.94. The second-order valence-electron chi connectivity index (χ2n) is 1.81. The average molecular weight is 186 g/mol. The molecule has 0 aliphatic heterocycles. The molecule has 0 bridgehead atoms. The van der Waals surface area contributed by atoms with E-state index in [4.69, 9.17) is 5.73 Å². The second-order valence-corrected chi connectivity index (χ2v) is 2.70. The van der Waals surface area contributed by atoms with Gasteiger partial charge in [0, 0.05) is 0 Å². The molecule has 0 radical (unpaired) electrons. The van der Waals surface area contributed by atoms with Crippen molar-refractivity contribution in [2.24, 2.45) is 5.73 Å². The highest BCUT2D eigenvalue weighted by molar-refractivity contribution is 7.11. The van der Waals surface area contributed by atoms with Crippen LogP contribution in [0, 0.1) is 0 Å². The van der Waals surface area contributed by atoms with Gasteiger partial charge in [0.05, 0.1) is 11.7 Å². The highest BCUT2D eigenvalue weighted by atomic mass is 32.1. The minimum Gasteiger partial charge on any atom is -0.350 e. The van der Waals surface area contributed by atoms with Gasteiger partial charge in [0.25, 0.3) is 5.91 Å². The number of nitrogens with zero attached hydrogens (tertiary/aromatic N) is 1. The number of amides is 3. The molecule has 6 nitrogen and oxygen atoms in total. The van der Waals surface area contributed by atoms with E-state index in [9.17, 15) is 9.59 Å². The molecule has 64 valence electrons. The maximum atomic E-state index is 11.0. The third-order valence-electron chi connectivity index (χ3n) is 0.955. The maximum Gasteiger partial charge on any atom is 0.330 e. The van der Waals surface area contributed by atoms with Gasteiger partial charge in [-0.25, -0.2) is 10.2 Å². The molecule has 0 saturated heterocycles. The normalized spacial score (nSPS) is 9.00. The summed E-state index contributed by atoms with van der Waals surface area (Å²) in [7, 11) is 0. The molecule has 4 N–H and O–H groups in total. The van der Waals surface area contributed by atoms with Gasteiger partial charge in [0.2, 0.25) is 0 Å². The molecule has 3 amide bonds. The van der Waals surface area contributed by atoms with E-state index in [2.05, 4.69) is 10.4 Å². The molecule has 0 aromatic carbocycles. The number of nitrogens with one attached hydrogen (secondary N) is 2. The van der Waals surface area contributed by atoms with Gasteiger partial charge in [-0.2, -0.15) is 0 Å². The standard InChI is InChI=1S/C5H6N4O2S/c6-5(11)9-8-4(10)3-1-7-2-12-3/h1-2H,(H,8,10)(H3,6,9,11). The zero-order chi connectivity index (χ0) is 8.97. The molecule has 0 aliphatic rings. The van der Waals surface area contributed by atoms with Gasteiger partial charge in [-0.1, -0.05) is 0 Å². The lowest BCUT2D eigenvalue weighted by molar-refractivity contribution is 0.0941. The van der Waals surface area contributed by atoms with Crippen molar-refractivity contribution < 1.29 is 9.59 Å². The van der Waals surface area contributed by atoms with Crippen LogP contribution in [0.2, 0.25) is 0 Å². The van der Waals surface area contributed by atoms with Gasteiger partial charge in [-0.15, -0.1) is 11.3 Å². The predicted octanol–water partition coefficient (Wildman–Crippen LogP) is -0.544. The lowest BCUT2D eigenvalue weighted by atomic mass is 10.5. The number of carbonyl (C=O) groups is 2. The Balaban J connectivity index is 2.45. The summed E-state index contributed by atoms with van der Waals surface area (Å²) in [6.45, 7) is 0. The van der Waals surface area contributed by atoms with E-state index < -0.39 is 11.9 Å². The monoisotopic (exact) mass is 186 g/mol. The number of nitrogens with two attached hydrogens (primary N) is 1. The van der Waals surface area contributed by atoms with Gasteiger partial charge in [-0.3, -0.25) is 15.2 Å². The van der Waals surface area contributed by atoms with Gasteiger partial charge in [0.15, 0.2) is 0 Å². The van der Waals surface area contributed by atoms with Crippen LogP contribution in [0.5, 0.6) is 0 Å². The Labute approximate surface area is 71.8 Å². The van der Waals surface area contributed by atoms with Crippen molar-refractivity contribution in [3.8, 4) is 0 Å². The Morgan fingerprint density at radius 2 is 2.25 bits per heavy atom. The summed E-state index contributed by atoms with van der Waals surface area (Å²) >= 11 is 1.17. The van der Waals surface area contributed by atoms with Crippen molar-refractivity contribution in [1.82, 2.24) is 15.8 Å². The summed E-state index contributed by atoms with van der Waals surface area (Å²) in [5.41, 5.74) is 10.3. The number of hydrazine groups is 1. The van der Waals surface area contributed by atoms with Gasteiger partial charge in [0.1, 0.15) is 4.88 Å². The van der Waals surface area contributed by atoms with Gasteiger partial charge >= 0.3 is 6.03 Å². The highest BCUT2D eigenvalue weighted by Gasteiger charge is 2.05. The minimum atomic E-state index is -0.812. The number of primary amides is 1. The quantitative estimate of drug-likeness (QED) is 0.513. The second kappa shape index (κ2) is 3.67. The number of rotatable bonds is 1. The molecule has 0 fully saturated rings. The Kier molecular flexibility index (Phi) is 2.59. The number of thiazole rings is 1. The van der Waals surface area contributed by atoms with Crippen LogP contribution in [0.3, 0.4) is 0 Å². The number of urea groups is 1. The zero-order valence-electron chi connectivity index (χ0n) is 5.90. The fourth-order valence-corrected chi connectivity index (χ4v) is 1.02. The van der Waals surface area contributed by atoms with E-state index in [-0.39, 0.29) is 0 Å². The number of carbonyl (C=O) groups excluding carboxylic acids is 2. The SMILES string of the molecule is NC(=O)NNC(=O)c1cncs1. The Morgan fingerprint density at radius 3 is 2.75 bits per heavy atom. The lowest BCUT2D eigenvalue weighted by Crippen LogP contribution is -2.44. The largest absolute Gasteiger partial charge is 0.350 e. The molecule has 1 rings (SSSR count). The first-order chi connectivity index (χ1) is 5.70. The van der Waals surface area contributed by atoms with Crippen LogP contribution < -0.4 is 16.6 Å². The number of hydrogen-bond acceptors (Lipinski definition) is 4. The van der Waals surface area contributed by atoms with E-state index in [1.54, 1.807) is 0 Å². The molecule has 1 aromatic heterocycles. The van der Waals surface area contributed by atoms with Gasteiger partial charge in [-0.05, 0) is 0 Å². The molecule has 0 saturated carbocycles. The Bertz CT molecular complexity index is 284. The number of hydrogen-bond donors (Lipinski definition) is 3. The summed E-state index contributed by atoms with van der Waals surface area (Å²) < 4.78 is 0. The smallest absolute Gasteiger partial charge is 0.330 e. The van der Waals surface area contributed by atoms with Crippen LogP contribution in [0.1, 0.15) is 9.67 Å². The van der Waals surface area contributed by atoms with Crippen LogP contribution >= 0.6 is 11.3 Å². The summed E-state index contributed by atoms with van der Waals surface area (Å²) in [6, 6.07) is -0.812. The van der Waals surface area contributed by atoms with Crippen LogP contribution in [-0.2, 0) is 0 Å². The predicted molar refractivity (Wildman–Crippen MR) is 42.3 cm³/mol. The van der Waals surface area contributed by atoms with Crippen LogP contribution in [0.25, 0.3) is 0 Å². The molecule has 7 heteroatoms. The summed E-state index contributed by atoms with van der Waals surface area (Å²) in [4.78, 5) is 25.2. The first kappa shape index (κ1) is 8.47. The Morgan fingerprint density at radius 1 is 1.50 bits per heavy atom. The molecule has 0 unspecified atom stereocenters. The molecule has 0 atom stereocenters. The van der Waals surface area contributed by atoms with Crippen LogP contribution in [0.4, 0.5) is 4.79 Å². The molecular weight excluding hydrogens is 180 g/mol. The van der Waals surface area contributed by atoms with Crippen molar-refractivity contribution >= 4 is 23.3 Å². The molecule has 12 heavy (non-hydrogen) atoms. The van der Waals surface area contributed by atoms with Gasteiger partial charge < -0.3 is 5.73 Å². The van der Waals surface area contributed by atoms with Crippen LogP contribution in [-0.4, -0.2) is 16.9 Å². The summed E-state index contributed by atoms with van der Waals surface area (Å²) in [5, 5.41) is 0. The molecule has 0 spiro atoms. The van der Waals surface area contributed by atoms with Crippen molar-refractivity contribution in [2.45, 2.75) is 0 Å². The maximum absolute atomic E-state index is 11.0. The average Bonchev–Trinajstić information content (AvgIpc) is 2.51. The topological polar surface area (TPSA) is 97.1 Å². The fourth-order valence-electron chi connectivity index (χ4n) is 0.508. The molecule has 1 aromatic rings. The van der Waals surface area contributed by atoms with Crippen molar-refractivity contribution in [2.75, 3.05) is 0 Å². The van der Waals surface area contributed by atoms with Crippen molar-refractivity contribution in [3.63, 3.8) is 0 Å². The fraction of sp³-hybridized carbons (Fsp3) is 0. The third kappa shape index (κ3) is 2.20. The minimum absolute atomic E-state index is 0.406. The summed E-state index contributed by atoms with van der Waals surface area (Å²) in [5.74, 6) is -0.434. The molecular formula is C5H6N4O2S. The highest BCUT2D eigenvalue weighted by Crippen LogP contribution is 2.03. The lowest BCUT2D eigenvalue weighted by Gasteiger charge is -2.00. The molecule has 1 heterocycles. The first-order valence-corrected chi connectivity index (χ1v) is 3.82. The van der Waals surface area contributed by atoms with E-state index in [1.807, 2.05) is 5.43 Å². The zero-order valence-corrected chi connectivity index (χ0v) is 6.72. The van der Waals surface area contributed by atoms with Crippen molar-refractivity contribution in [3.05, 3.63) is 16.6 Å². The van der Waals surface area contributed by atoms with E-state index >= 15 is 0 Å².